The van der Waals surface area contributed by atoms with E-state index in [1.807, 2.05) is 81.4 Å². The topological polar surface area (TPSA) is 59.0 Å². The van der Waals surface area contributed by atoms with Gasteiger partial charge in [0, 0.05) is 16.4 Å². The number of carbonyl (C=O) groups is 1. The summed E-state index contributed by atoms with van der Waals surface area (Å²) >= 11 is 6.65. The highest BCUT2D eigenvalue weighted by Gasteiger charge is 2.35. The number of rotatable bonds is 3. The van der Waals surface area contributed by atoms with Gasteiger partial charge in [-0.1, -0.05) is 59.6 Å². The fraction of sp³-hybridized carbons (Fsp3) is 0.154. The third-order valence-electron chi connectivity index (χ3n) is 5.91. The molecule has 1 aliphatic rings. The van der Waals surface area contributed by atoms with Gasteiger partial charge in [-0.05, 0) is 56.2 Å². The van der Waals surface area contributed by atoms with Gasteiger partial charge in [-0.15, -0.1) is 0 Å². The molecule has 0 fully saturated rings. The molecule has 0 aliphatic carbocycles. The van der Waals surface area contributed by atoms with E-state index < -0.39 is 6.04 Å². The van der Waals surface area contributed by atoms with Crippen LogP contribution in [0.2, 0.25) is 5.02 Å². The monoisotopic (exact) mass is 442 g/mol. The van der Waals surface area contributed by atoms with Gasteiger partial charge in [-0.3, -0.25) is 9.36 Å². The Morgan fingerprint density at radius 1 is 1.03 bits per heavy atom. The van der Waals surface area contributed by atoms with Crippen LogP contribution in [0.5, 0.6) is 0 Å². The molecule has 1 aromatic heterocycles. The van der Waals surface area contributed by atoms with Crippen LogP contribution in [-0.4, -0.2) is 15.5 Å². The maximum absolute atomic E-state index is 13.7. The Balaban J connectivity index is 1.68. The zero-order valence-corrected chi connectivity index (χ0v) is 18.9. The zero-order valence-electron chi connectivity index (χ0n) is 18.1. The van der Waals surface area contributed by atoms with Crippen LogP contribution in [0.4, 0.5) is 11.6 Å². The lowest BCUT2D eigenvalue weighted by atomic mass is 9.94. The van der Waals surface area contributed by atoms with Gasteiger partial charge in [0.1, 0.15) is 0 Å². The Labute approximate surface area is 191 Å². The van der Waals surface area contributed by atoms with Gasteiger partial charge in [-0.25, -0.2) is 4.98 Å². The number of aromatic nitrogens is 2. The van der Waals surface area contributed by atoms with Crippen molar-refractivity contribution in [2.75, 3.05) is 10.6 Å². The number of halogens is 1. The van der Waals surface area contributed by atoms with Crippen molar-refractivity contribution < 1.29 is 4.79 Å². The van der Waals surface area contributed by atoms with Crippen molar-refractivity contribution >= 4 is 40.2 Å². The molecule has 5 rings (SSSR count). The van der Waals surface area contributed by atoms with Gasteiger partial charge in [0.2, 0.25) is 5.95 Å². The van der Waals surface area contributed by atoms with Crippen molar-refractivity contribution in [1.29, 1.82) is 0 Å². The number of carbonyl (C=O) groups excluding carboxylic acids is 1. The number of hydrogen-bond acceptors (Lipinski definition) is 3. The molecule has 160 valence electrons. The predicted octanol–water partition coefficient (Wildman–Crippen LogP) is 6.23. The van der Waals surface area contributed by atoms with Crippen molar-refractivity contribution in [3.05, 3.63) is 99.7 Å². The molecule has 0 bridgehead atoms. The van der Waals surface area contributed by atoms with Crippen LogP contribution in [0.1, 0.15) is 29.7 Å². The molecule has 3 aromatic carbocycles. The summed E-state index contributed by atoms with van der Waals surface area (Å²) in [6.45, 7) is 5.94. The van der Waals surface area contributed by atoms with E-state index in [4.69, 9.17) is 16.6 Å². The molecule has 2 N–H and O–H groups in total. The lowest BCUT2D eigenvalue weighted by Crippen LogP contribution is -2.31. The van der Waals surface area contributed by atoms with Crippen molar-refractivity contribution in [2.24, 2.45) is 0 Å². The first-order chi connectivity index (χ1) is 15.4. The molecule has 1 amide bonds. The number of imidazole rings is 1. The molecule has 0 saturated carbocycles. The normalized spacial score (nSPS) is 15.4. The van der Waals surface area contributed by atoms with E-state index in [0.717, 1.165) is 39.1 Å². The van der Waals surface area contributed by atoms with E-state index in [1.54, 1.807) is 0 Å². The molecule has 2 heterocycles. The standard InChI is InChI=1S/C26H23ClN4O/c1-15-12-13-20(16(2)14-15)29-25(32)23-17(3)28-26-30-21-10-6-7-11-22(21)31(26)24(23)18-8-4-5-9-19(18)27/h4-14,24H,1-3H3,(H,28,30)(H,29,32). The summed E-state index contributed by atoms with van der Waals surface area (Å²) in [5, 5.41) is 7.06. The summed E-state index contributed by atoms with van der Waals surface area (Å²) in [7, 11) is 0. The minimum Gasteiger partial charge on any atom is -0.329 e. The van der Waals surface area contributed by atoms with E-state index in [2.05, 4.69) is 21.3 Å². The number of anilines is 2. The summed E-state index contributed by atoms with van der Waals surface area (Å²) in [5.74, 6) is 0.520. The summed E-state index contributed by atoms with van der Waals surface area (Å²) in [6, 6.07) is 21.1. The molecule has 0 spiro atoms. The Morgan fingerprint density at radius 2 is 1.78 bits per heavy atom. The Bertz CT molecular complexity index is 1400. The fourth-order valence-electron chi connectivity index (χ4n) is 4.39. The predicted molar refractivity (Wildman–Crippen MR) is 130 cm³/mol. The minimum atomic E-state index is -0.418. The van der Waals surface area contributed by atoms with Crippen molar-refractivity contribution in [1.82, 2.24) is 9.55 Å². The van der Waals surface area contributed by atoms with E-state index in [9.17, 15) is 4.79 Å². The molecule has 1 unspecified atom stereocenters. The molecule has 0 radical (unpaired) electrons. The van der Waals surface area contributed by atoms with Crippen LogP contribution in [0.15, 0.2) is 78.0 Å². The molecular formula is C26H23ClN4O. The van der Waals surface area contributed by atoms with Gasteiger partial charge < -0.3 is 10.6 Å². The first-order valence-electron chi connectivity index (χ1n) is 10.5. The van der Waals surface area contributed by atoms with Crippen LogP contribution < -0.4 is 10.6 Å². The molecule has 0 saturated heterocycles. The quantitative estimate of drug-likeness (QED) is 0.395. The number of amides is 1. The van der Waals surface area contributed by atoms with Gasteiger partial charge in [0.25, 0.3) is 5.91 Å². The molecule has 1 aliphatic heterocycles. The minimum absolute atomic E-state index is 0.171. The van der Waals surface area contributed by atoms with E-state index in [-0.39, 0.29) is 5.91 Å². The number of benzene rings is 3. The second kappa shape index (κ2) is 7.84. The Hall–Kier alpha value is -3.57. The van der Waals surface area contributed by atoms with Gasteiger partial charge in [0.05, 0.1) is 22.6 Å². The first-order valence-corrected chi connectivity index (χ1v) is 10.9. The number of fused-ring (bicyclic) bond motifs is 3. The highest BCUT2D eigenvalue weighted by Crippen LogP contribution is 2.41. The number of para-hydroxylation sites is 2. The smallest absolute Gasteiger partial charge is 0.255 e. The summed E-state index contributed by atoms with van der Waals surface area (Å²) in [4.78, 5) is 18.4. The molecule has 4 aromatic rings. The molecule has 6 heteroatoms. The van der Waals surface area contributed by atoms with Crippen LogP contribution in [-0.2, 0) is 4.79 Å². The summed E-state index contributed by atoms with van der Waals surface area (Å²) in [5.41, 5.74) is 6.96. The average Bonchev–Trinajstić information content (AvgIpc) is 3.13. The van der Waals surface area contributed by atoms with Crippen molar-refractivity contribution in [2.45, 2.75) is 26.8 Å². The zero-order chi connectivity index (χ0) is 22.4. The SMILES string of the molecule is CC1=C(C(=O)Nc2ccc(C)cc2C)C(c2ccccc2Cl)n2c(nc3ccccc32)N1. The van der Waals surface area contributed by atoms with Gasteiger partial charge >= 0.3 is 0 Å². The molecular weight excluding hydrogens is 420 g/mol. The molecule has 5 nitrogen and oxygen atoms in total. The lowest BCUT2D eigenvalue weighted by molar-refractivity contribution is -0.113. The fourth-order valence-corrected chi connectivity index (χ4v) is 4.63. The van der Waals surface area contributed by atoms with Crippen molar-refractivity contribution in [3.63, 3.8) is 0 Å². The summed E-state index contributed by atoms with van der Waals surface area (Å²) < 4.78 is 2.06. The molecule has 1 atom stereocenters. The van der Waals surface area contributed by atoms with Crippen LogP contribution in [0, 0.1) is 13.8 Å². The van der Waals surface area contributed by atoms with Crippen molar-refractivity contribution in [3.8, 4) is 0 Å². The maximum Gasteiger partial charge on any atom is 0.255 e. The lowest BCUT2D eigenvalue weighted by Gasteiger charge is -2.31. The highest BCUT2D eigenvalue weighted by atomic mass is 35.5. The third kappa shape index (κ3) is 3.35. The highest BCUT2D eigenvalue weighted by molar-refractivity contribution is 6.31. The van der Waals surface area contributed by atoms with Crippen LogP contribution >= 0.6 is 11.6 Å². The largest absolute Gasteiger partial charge is 0.329 e. The second-order valence-corrected chi connectivity index (χ2v) is 8.56. The first kappa shape index (κ1) is 20.3. The van der Waals surface area contributed by atoms with E-state index in [1.165, 1.54) is 0 Å². The Morgan fingerprint density at radius 3 is 2.56 bits per heavy atom. The van der Waals surface area contributed by atoms with Crippen LogP contribution in [0.3, 0.4) is 0 Å². The van der Waals surface area contributed by atoms with Crippen LogP contribution in [0.25, 0.3) is 11.0 Å². The number of nitrogens with zero attached hydrogens (tertiary/aromatic N) is 2. The van der Waals surface area contributed by atoms with E-state index in [0.29, 0.717) is 16.5 Å². The molecule has 32 heavy (non-hydrogen) atoms. The number of hydrogen-bond donors (Lipinski definition) is 2. The Kier molecular flexibility index (Phi) is 4.98. The van der Waals surface area contributed by atoms with Gasteiger partial charge in [-0.2, -0.15) is 0 Å². The van der Waals surface area contributed by atoms with Gasteiger partial charge in [0.15, 0.2) is 0 Å². The average molecular weight is 443 g/mol. The maximum atomic E-state index is 13.7. The number of aryl methyl sites for hydroxylation is 2. The number of nitrogens with one attached hydrogen (secondary N) is 2. The third-order valence-corrected chi connectivity index (χ3v) is 6.25. The summed E-state index contributed by atoms with van der Waals surface area (Å²) in [6.07, 6.45) is 0. The number of allylic oxidation sites excluding steroid dienone is 1. The van der Waals surface area contributed by atoms with E-state index >= 15 is 0 Å². The second-order valence-electron chi connectivity index (χ2n) is 8.15.